The molecule has 1 N–H and O–H groups in total. The minimum absolute atomic E-state index is 0.116. The fourth-order valence-corrected chi connectivity index (χ4v) is 1.43. The number of benzene rings is 1. The van der Waals surface area contributed by atoms with Crippen molar-refractivity contribution >= 4 is 5.69 Å². The molecule has 0 spiro atoms. The van der Waals surface area contributed by atoms with Gasteiger partial charge in [-0.3, -0.25) is 0 Å². The Hall–Kier alpha value is -1.98. The van der Waals surface area contributed by atoms with Crippen LogP contribution in [-0.2, 0) is 12.7 Å². The van der Waals surface area contributed by atoms with Crippen LogP contribution < -0.4 is 5.32 Å². The lowest BCUT2D eigenvalue weighted by Crippen LogP contribution is -2.07. The first-order valence-electron chi connectivity index (χ1n) is 5.10. The maximum atomic E-state index is 13.3. The Labute approximate surface area is 100 Å². The normalized spacial score (nSPS) is 11.6. The highest BCUT2D eigenvalue weighted by molar-refractivity contribution is 5.48. The molecule has 0 fully saturated rings. The van der Waals surface area contributed by atoms with Crippen LogP contribution in [0.2, 0.25) is 0 Å². The summed E-state index contributed by atoms with van der Waals surface area (Å²) in [5, 5.41) is 2.56. The predicted molar refractivity (Wildman–Crippen MR) is 57.4 cm³/mol. The van der Waals surface area contributed by atoms with Crippen molar-refractivity contribution in [3.05, 3.63) is 53.7 Å². The molecule has 1 aromatic heterocycles. The molecule has 2 aromatic rings. The van der Waals surface area contributed by atoms with Crippen molar-refractivity contribution in [2.24, 2.45) is 0 Å². The number of alkyl halides is 3. The van der Waals surface area contributed by atoms with E-state index in [0.717, 1.165) is 12.1 Å². The Bertz CT molecular complexity index is 519. The van der Waals surface area contributed by atoms with Crippen LogP contribution in [0.5, 0.6) is 0 Å². The van der Waals surface area contributed by atoms with Gasteiger partial charge in [0.15, 0.2) is 0 Å². The fourth-order valence-electron chi connectivity index (χ4n) is 1.43. The summed E-state index contributed by atoms with van der Waals surface area (Å²) in [4.78, 5) is 0. The van der Waals surface area contributed by atoms with Gasteiger partial charge in [-0.15, -0.1) is 0 Å². The zero-order chi connectivity index (χ0) is 13.2. The van der Waals surface area contributed by atoms with Gasteiger partial charge in [0.05, 0.1) is 24.1 Å². The summed E-state index contributed by atoms with van der Waals surface area (Å²) in [6, 6.07) is 5.50. The van der Waals surface area contributed by atoms with Crippen molar-refractivity contribution in [2.75, 3.05) is 5.32 Å². The largest absolute Gasteiger partial charge is 0.467 e. The van der Waals surface area contributed by atoms with Gasteiger partial charge in [0.25, 0.3) is 0 Å². The monoisotopic (exact) mass is 259 g/mol. The molecule has 0 amide bonds. The number of furan rings is 1. The molecular formula is C12H9F4NO. The average molecular weight is 259 g/mol. The minimum Gasteiger partial charge on any atom is -0.467 e. The molecule has 0 unspecified atom stereocenters. The second-order valence-electron chi connectivity index (χ2n) is 3.63. The number of hydrogen-bond donors (Lipinski definition) is 1. The molecule has 0 atom stereocenters. The Balaban J connectivity index is 2.16. The highest BCUT2D eigenvalue weighted by Crippen LogP contribution is 2.31. The molecule has 0 bridgehead atoms. The lowest BCUT2D eigenvalue weighted by molar-refractivity contribution is -0.137. The van der Waals surface area contributed by atoms with Gasteiger partial charge in [0, 0.05) is 0 Å². The molecule has 0 aliphatic heterocycles. The molecule has 96 valence electrons. The van der Waals surface area contributed by atoms with E-state index < -0.39 is 17.6 Å². The van der Waals surface area contributed by atoms with Crippen molar-refractivity contribution in [2.45, 2.75) is 12.7 Å². The van der Waals surface area contributed by atoms with Crippen LogP contribution in [0.4, 0.5) is 23.2 Å². The van der Waals surface area contributed by atoms with Gasteiger partial charge in [-0.1, -0.05) is 0 Å². The van der Waals surface area contributed by atoms with Crippen LogP contribution in [0.25, 0.3) is 0 Å². The van der Waals surface area contributed by atoms with E-state index in [-0.39, 0.29) is 12.2 Å². The highest BCUT2D eigenvalue weighted by atomic mass is 19.4. The van der Waals surface area contributed by atoms with Gasteiger partial charge >= 0.3 is 6.18 Å². The van der Waals surface area contributed by atoms with Gasteiger partial charge in [-0.2, -0.15) is 13.2 Å². The summed E-state index contributed by atoms with van der Waals surface area (Å²) < 4.78 is 55.6. The molecule has 2 rings (SSSR count). The zero-order valence-electron chi connectivity index (χ0n) is 9.09. The lowest BCUT2D eigenvalue weighted by Gasteiger charge is -2.10. The van der Waals surface area contributed by atoms with Crippen molar-refractivity contribution in [3.8, 4) is 0 Å². The van der Waals surface area contributed by atoms with Crippen LogP contribution in [0.15, 0.2) is 41.0 Å². The number of halogens is 4. The van der Waals surface area contributed by atoms with Gasteiger partial charge in [-0.05, 0) is 30.3 Å². The van der Waals surface area contributed by atoms with E-state index in [4.69, 9.17) is 4.42 Å². The summed E-state index contributed by atoms with van der Waals surface area (Å²) in [5.74, 6) is -0.235. The predicted octanol–water partition coefficient (Wildman–Crippen LogP) is 4.05. The smallest absolute Gasteiger partial charge is 0.416 e. The molecular weight excluding hydrogens is 250 g/mol. The van der Waals surface area contributed by atoms with Crippen molar-refractivity contribution in [1.82, 2.24) is 0 Å². The van der Waals surface area contributed by atoms with Crippen molar-refractivity contribution in [1.29, 1.82) is 0 Å². The van der Waals surface area contributed by atoms with Gasteiger partial charge in [0.1, 0.15) is 11.6 Å². The van der Waals surface area contributed by atoms with Gasteiger partial charge in [-0.25, -0.2) is 4.39 Å². The van der Waals surface area contributed by atoms with Crippen LogP contribution in [0, 0.1) is 5.82 Å². The van der Waals surface area contributed by atoms with E-state index in [0.29, 0.717) is 11.8 Å². The first-order valence-corrected chi connectivity index (χ1v) is 5.10. The number of nitrogens with one attached hydrogen (secondary N) is 1. The molecule has 6 heteroatoms. The summed E-state index contributed by atoms with van der Waals surface area (Å²) in [7, 11) is 0. The van der Waals surface area contributed by atoms with Gasteiger partial charge < -0.3 is 9.73 Å². The molecule has 0 radical (unpaired) electrons. The lowest BCUT2D eigenvalue weighted by atomic mass is 10.2. The number of hydrogen-bond acceptors (Lipinski definition) is 2. The van der Waals surface area contributed by atoms with E-state index in [1.807, 2.05) is 0 Å². The van der Waals surface area contributed by atoms with E-state index in [9.17, 15) is 17.6 Å². The molecule has 0 aliphatic carbocycles. The molecule has 1 heterocycles. The van der Waals surface area contributed by atoms with E-state index >= 15 is 0 Å². The quantitative estimate of drug-likeness (QED) is 0.841. The highest BCUT2D eigenvalue weighted by Gasteiger charge is 2.31. The second kappa shape index (κ2) is 4.72. The standard InChI is InChI=1S/C12H9F4NO/c13-10-4-3-8(12(14,15)16)6-11(10)17-7-9-2-1-5-18-9/h1-6,17H,7H2. The van der Waals surface area contributed by atoms with Crippen LogP contribution >= 0.6 is 0 Å². The average Bonchev–Trinajstić information content (AvgIpc) is 2.79. The third-order valence-corrected chi connectivity index (χ3v) is 2.33. The minimum atomic E-state index is -4.49. The van der Waals surface area contributed by atoms with Crippen molar-refractivity contribution < 1.29 is 22.0 Å². The van der Waals surface area contributed by atoms with E-state index in [2.05, 4.69) is 5.32 Å². The Morgan fingerprint density at radius 2 is 1.94 bits per heavy atom. The number of rotatable bonds is 3. The molecule has 1 aromatic carbocycles. The molecule has 0 saturated heterocycles. The molecule has 0 aliphatic rings. The SMILES string of the molecule is Fc1ccc(C(F)(F)F)cc1NCc1ccco1. The fraction of sp³-hybridized carbons (Fsp3) is 0.167. The summed E-state index contributed by atoms with van der Waals surface area (Å²) in [6.45, 7) is 0.116. The van der Waals surface area contributed by atoms with Crippen LogP contribution in [-0.4, -0.2) is 0 Å². The topological polar surface area (TPSA) is 25.2 Å². The first-order chi connectivity index (χ1) is 8.47. The van der Waals surface area contributed by atoms with Gasteiger partial charge in [0.2, 0.25) is 0 Å². The Morgan fingerprint density at radius 1 is 1.17 bits per heavy atom. The number of anilines is 1. The third-order valence-electron chi connectivity index (χ3n) is 2.33. The van der Waals surface area contributed by atoms with Crippen LogP contribution in [0.3, 0.4) is 0 Å². The first kappa shape index (κ1) is 12.5. The maximum absolute atomic E-state index is 13.3. The summed E-state index contributed by atoms with van der Waals surface area (Å²) in [5.41, 5.74) is -1.10. The molecule has 0 saturated carbocycles. The summed E-state index contributed by atoms with van der Waals surface area (Å²) >= 11 is 0. The van der Waals surface area contributed by atoms with E-state index in [1.165, 1.54) is 6.26 Å². The van der Waals surface area contributed by atoms with Crippen LogP contribution in [0.1, 0.15) is 11.3 Å². The maximum Gasteiger partial charge on any atom is 0.416 e. The molecule has 18 heavy (non-hydrogen) atoms. The molecule has 2 nitrogen and oxygen atoms in total. The van der Waals surface area contributed by atoms with E-state index in [1.54, 1.807) is 12.1 Å². The summed E-state index contributed by atoms with van der Waals surface area (Å²) in [6.07, 6.45) is -3.06. The zero-order valence-corrected chi connectivity index (χ0v) is 9.09. The Kier molecular flexibility index (Phi) is 3.27. The van der Waals surface area contributed by atoms with Crippen molar-refractivity contribution in [3.63, 3.8) is 0 Å². The third kappa shape index (κ3) is 2.82. The Morgan fingerprint density at radius 3 is 2.56 bits per heavy atom. The second-order valence-corrected chi connectivity index (χ2v) is 3.63.